The molecule has 0 saturated heterocycles. The van der Waals surface area contributed by atoms with Gasteiger partial charge in [0.1, 0.15) is 11.3 Å². The van der Waals surface area contributed by atoms with Gasteiger partial charge in [-0.1, -0.05) is 0 Å². The molecule has 3 N–H and O–H groups in total. The lowest BCUT2D eigenvalue weighted by atomic mass is 9.90. The van der Waals surface area contributed by atoms with Gasteiger partial charge in [-0.25, -0.2) is 19.6 Å². The Morgan fingerprint density at radius 1 is 1.27 bits per heavy atom. The molecular formula is C20H17N7O2S. The van der Waals surface area contributed by atoms with Gasteiger partial charge < -0.3 is 10.5 Å². The van der Waals surface area contributed by atoms with E-state index < -0.39 is 0 Å². The van der Waals surface area contributed by atoms with Gasteiger partial charge in [0.05, 0.1) is 12.8 Å². The number of hydrogen-bond donors (Lipinski definition) is 2. The van der Waals surface area contributed by atoms with E-state index in [4.69, 9.17) is 15.5 Å². The number of methoxy groups -OCH3 is 1. The molecular weight excluding hydrogens is 402 g/mol. The molecule has 150 valence electrons. The van der Waals surface area contributed by atoms with E-state index in [0.29, 0.717) is 11.1 Å². The van der Waals surface area contributed by atoms with Crippen LogP contribution in [-0.4, -0.2) is 37.7 Å². The van der Waals surface area contributed by atoms with E-state index in [0.717, 1.165) is 35.4 Å². The average Bonchev–Trinajstić information content (AvgIpc) is 3.42. The summed E-state index contributed by atoms with van der Waals surface area (Å²) in [6.07, 6.45) is 6.69. The second kappa shape index (κ2) is 7.23. The minimum absolute atomic E-state index is 0.0931. The zero-order valence-corrected chi connectivity index (χ0v) is 16.8. The number of ether oxygens (including phenoxy) is 1. The van der Waals surface area contributed by atoms with E-state index in [1.807, 2.05) is 18.2 Å². The van der Waals surface area contributed by atoms with Crippen molar-refractivity contribution in [3.63, 3.8) is 0 Å². The van der Waals surface area contributed by atoms with Crippen LogP contribution in [0.2, 0.25) is 0 Å². The van der Waals surface area contributed by atoms with Crippen molar-refractivity contribution in [3.8, 4) is 23.0 Å². The Kier molecular flexibility index (Phi) is 4.40. The third-order valence-electron chi connectivity index (χ3n) is 4.93. The van der Waals surface area contributed by atoms with Crippen molar-refractivity contribution >= 4 is 28.2 Å². The number of nitrogens with zero attached hydrogens (tertiary/aromatic N) is 5. The van der Waals surface area contributed by atoms with Gasteiger partial charge in [-0.2, -0.15) is 0 Å². The predicted molar refractivity (Wildman–Crippen MR) is 113 cm³/mol. The standard InChI is InChI=1S/C20H17N7O2S/c1-29-13-4-5-14-11(8-13)2-3-12-9-23-19(24-16(12)14)27-10-15(17(21)26-27)18(28)25-20-22-6-7-30-20/h4-10H,2-3H2,1H3,(H2,21,26)(H,22,25,28). The van der Waals surface area contributed by atoms with Crippen LogP contribution in [0.25, 0.3) is 17.2 Å². The summed E-state index contributed by atoms with van der Waals surface area (Å²) in [5.74, 6) is 0.874. The zero-order chi connectivity index (χ0) is 20.7. The molecule has 9 nitrogen and oxygen atoms in total. The summed E-state index contributed by atoms with van der Waals surface area (Å²) < 4.78 is 6.76. The fourth-order valence-corrected chi connectivity index (χ4v) is 3.97. The first-order valence-electron chi connectivity index (χ1n) is 9.22. The smallest absolute Gasteiger partial charge is 0.262 e. The van der Waals surface area contributed by atoms with Crippen molar-refractivity contribution in [2.45, 2.75) is 12.8 Å². The molecule has 3 heterocycles. The van der Waals surface area contributed by atoms with E-state index in [1.165, 1.54) is 27.8 Å². The van der Waals surface area contributed by atoms with Gasteiger partial charge in [-0.3, -0.25) is 10.1 Å². The van der Waals surface area contributed by atoms with Gasteiger partial charge in [0, 0.05) is 29.5 Å². The largest absolute Gasteiger partial charge is 0.497 e. The number of carbonyl (C=O) groups is 1. The van der Waals surface area contributed by atoms with Crippen LogP contribution < -0.4 is 15.8 Å². The second-order valence-corrected chi connectivity index (χ2v) is 7.63. The number of benzene rings is 1. The Morgan fingerprint density at radius 3 is 2.93 bits per heavy atom. The van der Waals surface area contributed by atoms with Gasteiger partial charge in [0.2, 0.25) is 0 Å². The number of nitrogen functional groups attached to an aromatic ring is 1. The van der Waals surface area contributed by atoms with E-state index >= 15 is 0 Å². The Hall–Kier alpha value is -3.79. The highest BCUT2D eigenvalue weighted by Gasteiger charge is 2.21. The first-order valence-corrected chi connectivity index (χ1v) is 10.1. The number of anilines is 2. The van der Waals surface area contributed by atoms with E-state index in [-0.39, 0.29) is 17.3 Å². The molecule has 30 heavy (non-hydrogen) atoms. The minimum atomic E-state index is -0.385. The van der Waals surface area contributed by atoms with E-state index in [9.17, 15) is 4.79 Å². The number of fused-ring (bicyclic) bond motifs is 3. The number of carbonyl (C=O) groups excluding carboxylic acids is 1. The molecule has 0 radical (unpaired) electrons. The second-order valence-electron chi connectivity index (χ2n) is 6.73. The minimum Gasteiger partial charge on any atom is -0.497 e. The van der Waals surface area contributed by atoms with Gasteiger partial charge in [0.15, 0.2) is 10.9 Å². The molecule has 4 aromatic rings. The molecule has 1 aliphatic carbocycles. The quantitative estimate of drug-likeness (QED) is 0.522. The van der Waals surface area contributed by atoms with Gasteiger partial charge in [-0.05, 0) is 42.2 Å². The molecule has 1 amide bonds. The molecule has 0 unspecified atom stereocenters. The Labute approximate surface area is 175 Å². The summed E-state index contributed by atoms with van der Waals surface area (Å²) in [7, 11) is 1.66. The van der Waals surface area contributed by atoms with Gasteiger partial charge in [-0.15, -0.1) is 16.4 Å². The molecule has 1 aliphatic rings. The number of aromatic nitrogens is 5. The van der Waals surface area contributed by atoms with Crippen molar-refractivity contribution in [1.82, 2.24) is 24.7 Å². The summed E-state index contributed by atoms with van der Waals surface area (Å²) in [6, 6.07) is 5.96. The predicted octanol–water partition coefficient (Wildman–Crippen LogP) is 2.73. The van der Waals surface area contributed by atoms with Gasteiger partial charge >= 0.3 is 0 Å². The van der Waals surface area contributed by atoms with Crippen LogP contribution in [0.15, 0.2) is 42.2 Å². The molecule has 5 rings (SSSR count). The maximum absolute atomic E-state index is 12.5. The van der Waals surface area contributed by atoms with Crippen LogP contribution in [0.1, 0.15) is 21.5 Å². The monoisotopic (exact) mass is 419 g/mol. The Balaban J connectivity index is 1.49. The third-order valence-corrected chi connectivity index (χ3v) is 5.62. The molecule has 0 fully saturated rings. The van der Waals surface area contributed by atoms with Crippen LogP contribution >= 0.6 is 11.3 Å². The molecule has 0 bridgehead atoms. The highest BCUT2D eigenvalue weighted by Crippen LogP contribution is 2.34. The SMILES string of the molecule is COc1ccc2c(c1)CCc1cnc(-n3cc(C(=O)Nc4nccs4)c(N)n3)nc1-2. The number of nitrogens with one attached hydrogen (secondary N) is 1. The molecule has 3 aromatic heterocycles. The molecule has 0 saturated carbocycles. The number of hydrogen-bond acceptors (Lipinski definition) is 8. The highest BCUT2D eigenvalue weighted by molar-refractivity contribution is 7.13. The number of amides is 1. The van der Waals surface area contributed by atoms with Crippen molar-refractivity contribution < 1.29 is 9.53 Å². The van der Waals surface area contributed by atoms with Crippen LogP contribution in [0.5, 0.6) is 5.75 Å². The first kappa shape index (κ1) is 18.3. The molecule has 10 heteroatoms. The van der Waals surface area contributed by atoms with E-state index in [1.54, 1.807) is 24.9 Å². The molecule has 0 atom stereocenters. The summed E-state index contributed by atoms with van der Waals surface area (Å²) in [5, 5.41) is 9.20. The Bertz CT molecular complexity index is 1250. The fourth-order valence-electron chi connectivity index (χ4n) is 3.44. The third kappa shape index (κ3) is 3.16. The topological polar surface area (TPSA) is 121 Å². The maximum atomic E-state index is 12.5. The lowest BCUT2D eigenvalue weighted by Gasteiger charge is -2.19. The maximum Gasteiger partial charge on any atom is 0.262 e. The summed E-state index contributed by atoms with van der Waals surface area (Å²) in [5.41, 5.74) is 10.3. The summed E-state index contributed by atoms with van der Waals surface area (Å²) in [6.45, 7) is 0. The molecule has 0 aliphatic heterocycles. The molecule has 0 spiro atoms. The zero-order valence-electron chi connectivity index (χ0n) is 16.0. The number of aryl methyl sites for hydroxylation is 2. The lowest BCUT2D eigenvalue weighted by Crippen LogP contribution is -2.12. The van der Waals surface area contributed by atoms with Crippen LogP contribution in [-0.2, 0) is 12.8 Å². The highest BCUT2D eigenvalue weighted by atomic mass is 32.1. The van der Waals surface area contributed by atoms with Crippen LogP contribution in [0.3, 0.4) is 0 Å². The van der Waals surface area contributed by atoms with Crippen LogP contribution in [0, 0.1) is 0 Å². The van der Waals surface area contributed by atoms with E-state index in [2.05, 4.69) is 20.4 Å². The molecule has 1 aromatic carbocycles. The van der Waals surface area contributed by atoms with Crippen molar-refractivity contribution in [1.29, 1.82) is 0 Å². The van der Waals surface area contributed by atoms with Crippen molar-refractivity contribution in [2.24, 2.45) is 0 Å². The first-order chi connectivity index (χ1) is 14.6. The van der Waals surface area contributed by atoms with Crippen molar-refractivity contribution in [2.75, 3.05) is 18.2 Å². The number of thiazole rings is 1. The average molecular weight is 419 g/mol. The van der Waals surface area contributed by atoms with Crippen molar-refractivity contribution in [3.05, 3.63) is 58.9 Å². The number of nitrogens with two attached hydrogens (primary N) is 1. The fraction of sp³-hybridized carbons (Fsp3) is 0.150. The lowest BCUT2D eigenvalue weighted by molar-refractivity contribution is 0.102. The Morgan fingerprint density at radius 2 is 2.13 bits per heavy atom. The van der Waals surface area contributed by atoms with Crippen LogP contribution in [0.4, 0.5) is 10.9 Å². The summed E-state index contributed by atoms with van der Waals surface area (Å²) >= 11 is 1.32. The number of rotatable bonds is 4. The summed E-state index contributed by atoms with van der Waals surface area (Å²) in [4.78, 5) is 25.7. The van der Waals surface area contributed by atoms with Gasteiger partial charge in [0.25, 0.3) is 11.9 Å². The normalized spacial score (nSPS) is 12.2.